The predicted octanol–water partition coefficient (Wildman–Crippen LogP) is 4.75. The van der Waals surface area contributed by atoms with Gasteiger partial charge in [-0.3, -0.25) is 0 Å². The number of sulfonamides is 1. The summed E-state index contributed by atoms with van der Waals surface area (Å²) in [5, 5.41) is 2.20. The number of thioether (sulfide) groups is 1. The van der Waals surface area contributed by atoms with Gasteiger partial charge in [-0.15, -0.1) is 0 Å². The van der Waals surface area contributed by atoms with Gasteiger partial charge in [-0.25, -0.2) is 8.42 Å². The molecule has 1 fully saturated rings. The average molecular weight is 427 g/mol. The fourth-order valence-corrected chi connectivity index (χ4v) is 6.64. The Morgan fingerprint density at radius 1 is 1.07 bits per heavy atom. The van der Waals surface area contributed by atoms with Crippen molar-refractivity contribution in [3.05, 3.63) is 79.2 Å². The van der Waals surface area contributed by atoms with E-state index in [1.807, 2.05) is 54.6 Å². The van der Waals surface area contributed by atoms with Gasteiger partial charge in [0.2, 0.25) is 10.0 Å². The minimum Gasteiger partial charge on any atom is -0.497 e. The molecular weight excluding hydrogens is 402 g/mol. The van der Waals surface area contributed by atoms with Crippen LogP contribution in [0.3, 0.4) is 0 Å². The van der Waals surface area contributed by atoms with Gasteiger partial charge in [-0.2, -0.15) is 16.1 Å². The Kier molecular flexibility index (Phi) is 5.86. The quantitative estimate of drug-likeness (QED) is 0.571. The molecule has 1 heterocycles. The summed E-state index contributed by atoms with van der Waals surface area (Å²) >= 11 is 1.79. The van der Waals surface area contributed by atoms with Crippen LogP contribution >= 0.6 is 11.8 Å². The predicted molar refractivity (Wildman–Crippen MR) is 120 cm³/mol. The summed E-state index contributed by atoms with van der Waals surface area (Å²) < 4.78 is 33.2. The first-order valence-corrected chi connectivity index (χ1v) is 12.0. The summed E-state index contributed by atoms with van der Waals surface area (Å²) in [5.41, 5.74) is 1.20. The lowest BCUT2D eigenvalue weighted by Crippen LogP contribution is -2.34. The summed E-state index contributed by atoms with van der Waals surface area (Å²) in [6.07, 6.45) is 0.758. The van der Waals surface area contributed by atoms with E-state index in [0.29, 0.717) is 11.4 Å². The van der Waals surface area contributed by atoms with E-state index in [-0.39, 0.29) is 11.3 Å². The molecule has 2 atom stereocenters. The van der Waals surface area contributed by atoms with Gasteiger partial charge in [0.05, 0.1) is 12.0 Å². The molecule has 0 unspecified atom stereocenters. The zero-order valence-electron chi connectivity index (χ0n) is 16.3. The average Bonchev–Trinajstić information content (AvgIpc) is 3.13. The number of ether oxygens (including phenoxy) is 1. The van der Waals surface area contributed by atoms with E-state index in [0.717, 1.165) is 28.7 Å². The van der Waals surface area contributed by atoms with E-state index < -0.39 is 10.0 Å². The molecule has 1 aliphatic heterocycles. The summed E-state index contributed by atoms with van der Waals surface area (Å²) in [4.78, 5) is 0.339. The van der Waals surface area contributed by atoms with Crippen molar-refractivity contribution in [1.82, 2.24) is 4.31 Å². The number of hydrogen-bond acceptors (Lipinski definition) is 4. The van der Waals surface area contributed by atoms with E-state index in [1.165, 1.54) is 5.56 Å². The standard InChI is InChI=1S/C23H24NO3S2/c1-17-13-22(28-16-18-7-10-21(27-2)11-8-18)15-24(17)29(25,26)23-12-9-19-5-3-4-6-20(19)14-23/h3-12,14,17,22H,1,13,15-16H2,2H3/t17-,22+/m0/s1. The molecule has 0 aliphatic carbocycles. The molecule has 29 heavy (non-hydrogen) atoms. The fraction of sp³-hybridized carbons (Fsp3) is 0.261. The van der Waals surface area contributed by atoms with Gasteiger partial charge in [0.25, 0.3) is 0 Å². The Morgan fingerprint density at radius 2 is 1.79 bits per heavy atom. The second-order valence-electron chi connectivity index (χ2n) is 7.25. The summed E-state index contributed by atoms with van der Waals surface area (Å²) in [7, 11) is -1.91. The van der Waals surface area contributed by atoms with Crippen molar-refractivity contribution < 1.29 is 13.2 Å². The van der Waals surface area contributed by atoms with Crippen LogP contribution in [-0.2, 0) is 15.8 Å². The van der Waals surface area contributed by atoms with Gasteiger partial charge >= 0.3 is 0 Å². The fourth-order valence-electron chi connectivity index (χ4n) is 3.66. The minimum absolute atomic E-state index is 0.231. The summed E-state index contributed by atoms with van der Waals surface area (Å²) in [6.45, 7) is 4.61. The number of hydrogen-bond donors (Lipinski definition) is 0. The Hall–Kier alpha value is -2.02. The first-order valence-electron chi connectivity index (χ1n) is 9.55. The molecule has 1 radical (unpaired) electrons. The Bertz CT molecular complexity index is 1100. The van der Waals surface area contributed by atoms with Gasteiger partial charge in [-0.1, -0.05) is 42.5 Å². The molecule has 0 bridgehead atoms. The third kappa shape index (κ3) is 4.29. The molecule has 0 N–H and O–H groups in total. The topological polar surface area (TPSA) is 46.6 Å². The van der Waals surface area contributed by atoms with Gasteiger partial charge in [0.1, 0.15) is 5.75 Å². The largest absolute Gasteiger partial charge is 0.497 e. The molecule has 0 spiro atoms. The second kappa shape index (κ2) is 8.38. The third-order valence-electron chi connectivity index (χ3n) is 5.30. The molecule has 1 aliphatic rings. The van der Waals surface area contributed by atoms with Crippen LogP contribution in [0.15, 0.2) is 71.6 Å². The van der Waals surface area contributed by atoms with Crippen LogP contribution in [0.5, 0.6) is 5.75 Å². The lowest BCUT2D eigenvalue weighted by atomic mass is 10.1. The lowest BCUT2D eigenvalue weighted by molar-refractivity contribution is 0.414. The van der Waals surface area contributed by atoms with Crippen LogP contribution in [0.25, 0.3) is 10.8 Å². The molecule has 3 aromatic carbocycles. The van der Waals surface area contributed by atoms with Crippen molar-refractivity contribution in [1.29, 1.82) is 0 Å². The Balaban J connectivity index is 1.46. The highest BCUT2D eigenvalue weighted by Gasteiger charge is 2.38. The van der Waals surface area contributed by atoms with Crippen molar-refractivity contribution in [2.75, 3.05) is 13.7 Å². The molecule has 0 amide bonds. The van der Waals surface area contributed by atoms with Crippen molar-refractivity contribution in [3.63, 3.8) is 0 Å². The molecule has 4 rings (SSSR count). The smallest absolute Gasteiger partial charge is 0.243 e. The first-order chi connectivity index (χ1) is 14.0. The zero-order valence-corrected chi connectivity index (χ0v) is 18.0. The maximum atomic E-state index is 13.2. The Labute approximate surface area is 176 Å². The Morgan fingerprint density at radius 3 is 2.52 bits per heavy atom. The number of nitrogens with zero attached hydrogens (tertiary/aromatic N) is 1. The normalized spacial score (nSPS) is 20.2. The number of benzene rings is 3. The highest BCUT2D eigenvalue weighted by atomic mass is 32.2. The van der Waals surface area contributed by atoms with Gasteiger partial charge in [0.15, 0.2) is 0 Å². The summed E-state index contributed by atoms with van der Waals surface area (Å²) in [6, 6.07) is 20.9. The monoisotopic (exact) mass is 426 g/mol. The van der Waals surface area contributed by atoms with Gasteiger partial charge in [0, 0.05) is 23.6 Å². The van der Waals surface area contributed by atoms with E-state index in [1.54, 1.807) is 35.3 Å². The highest BCUT2D eigenvalue weighted by molar-refractivity contribution is 7.99. The van der Waals surface area contributed by atoms with E-state index >= 15 is 0 Å². The molecule has 0 aromatic heterocycles. The highest BCUT2D eigenvalue weighted by Crippen LogP contribution is 2.34. The van der Waals surface area contributed by atoms with Crippen molar-refractivity contribution in [3.8, 4) is 5.75 Å². The molecule has 1 saturated heterocycles. The van der Waals surface area contributed by atoms with Crippen LogP contribution in [0.2, 0.25) is 0 Å². The van der Waals surface area contributed by atoms with Gasteiger partial charge in [-0.05, 0) is 53.9 Å². The number of methoxy groups -OCH3 is 1. The SMILES string of the molecule is [CH2][C@H]1C[C@@H](SCc2ccc(OC)cc2)CN1S(=O)(=O)c1ccc2ccccc2c1. The lowest BCUT2D eigenvalue weighted by Gasteiger charge is -2.21. The third-order valence-corrected chi connectivity index (χ3v) is 8.53. The van der Waals surface area contributed by atoms with Crippen LogP contribution in [-0.4, -0.2) is 37.7 Å². The molecule has 6 heteroatoms. The van der Waals surface area contributed by atoms with E-state index in [4.69, 9.17) is 4.74 Å². The zero-order chi connectivity index (χ0) is 20.4. The van der Waals surface area contributed by atoms with Crippen molar-refractivity contribution in [2.45, 2.75) is 28.4 Å². The van der Waals surface area contributed by atoms with Crippen LogP contribution in [0, 0.1) is 6.92 Å². The molecule has 0 saturated carbocycles. The minimum atomic E-state index is -3.56. The van der Waals surface area contributed by atoms with E-state index in [9.17, 15) is 8.42 Å². The summed E-state index contributed by atoms with van der Waals surface area (Å²) in [5.74, 6) is 1.68. The van der Waals surface area contributed by atoms with Crippen molar-refractivity contribution >= 4 is 32.6 Å². The molecule has 151 valence electrons. The number of rotatable bonds is 6. The maximum Gasteiger partial charge on any atom is 0.243 e. The molecule has 3 aromatic rings. The molecule has 4 nitrogen and oxygen atoms in total. The van der Waals surface area contributed by atoms with E-state index in [2.05, 4.69) is 6.92 Å². The van der Waals surface area contributed by atoms with Crippen molar-refractivity contribution in [2.24, 2.45) is 0 Å². The van der Waals surface area contributed by atoms with Crippen LogP contribution < -0.4 is 4.74 Å². The first kappa shape index (κ1) is 20.3. The van der Waals surface area contributed by atoms with Crippen LogP contribution in [0.4, 0.5) is 0 Å². The molecular formula is C23H24NO3S2. The van der Waals surface area contributed by atoms with Crippen LogP contribution in [0.1, 0.15) is 12.0 Å². The maximum absolute atomic E-state index is 13.2. The number of fused-ring (bicyclic) bond motifs is 1. The second-order valence-corrected chi connectivity index (χ2v) is 10.4. The van der Waals surface area contributed by atoms with Gasteiger partial charge < -0.3 is 4.74 Å².